The Labute approximate surface area is 82.6 Å². The van der Waals surface area contributed by atoms with Gasteiger partial charge in [-0.05, 0) is 36.3 Å². The minimum absolute atomic E-state index is 0.283. The van der Waals surface area contributed by atoms with Crippen molar-refractivity contribution in [2.24, 2.45) is 5.73 Å². The molecule has 0 bridgehead atoms. The zero-order valence-electron chi connectivity index (χ0n) is 7.16. The van der Waals surface area contributed by atoms with Crippen LogP contribution in [0, 0.1) is 0 Å². The molecule has 0 aromatic heterocycles. The number of hydrogen-bond acceptors (Lipinski definition) is 2. The molecule has 1 aromatic rings. The Morgan fingerprint density at radius 3 is 2.54 bits per heavy atom. The molecule has 0 aliphatic heterocycles. The molecule has 3 nitrogen and oxygen atoms in total. The molecule has 1 aromatic carbocycles. The highest BCUT2D eigenvalue weighted by Crippen LogP contribution is 2.09. The van der Waals surface area contributed by atoms with Gasteiger partial charge in [0.05, 0.1) is 0 Å². The molecule has 0 heterocycles. The van der Waals surface area contributed by atoms with Crippen molar-refractivity contribution >= 4 is 17.3 Å². The molecular formula is C9H12N2OS. The third-order valence-electron chi connectivity index (χ3n) is 1.65. The maximum atomic E-state index is 9.01. The zero-order valence-corrected chi connectivity index (χ0v) is 7.97. The quantitative estimate of drug-likeness (QED) is 0.625. The van der Waals surface area contributed by atoms with E-state index < -0.39 is 0 Å². The topological polar surface area (TPSA) is 58.3 Å². The normalized spacial score (nSPS) is 9.54. The van der Waals surface area contributed by atoms with Gasteiger partial charge in [0.2, 0.25) is 0 Å². The molecule has 0 radical (unpaired) electrons. The molecule has 0 saturated heterocycles. The van der Waals surface area contributed by atoms with Gasteiger partial charge in [0.15, 0.2) is 5.11 Å². The molecule has 4 heteroatoms. The Balaban J connectivity index is 2.37. The van der Waals surface area contributed by atoms with Gasteiger partial charge in [0, 0.05) is 6.54 Å². The van der Waals surface area contributed by atoms with E-state index in [1.165, 1.54) is 0 Å². The number of thiocarbonyl (C=S) groups is 1. The van der Waals surface area contributed by atoms with Crippen molar-refractivity contribution in [2.45, 2.75) is 6.42 Å². The second-order valence-corrected chi connectivity index (χ2v) is 3.15. The first-order chi connectivity index (χ1) is 6.18. The van der Waals surface area contributed by atoms with E-state index >= 15 is 0 Å². The molecule has 0 spiro atoms. The van der Waals surface area contributed by atoms with E-state index in [0.717, 1.165) is 18.5 Å². The summed E-state index contributed by atoms with van der Waals surface area (Å²) < 4.78 is 0. The first-order valence-electron chi connectivity index (χ1n) is 3.99. The average Bonchev–Trinajstić information content (AvgIpc) is 2.08. The summed E-state index contributed by atoms with van der Waals surface area (Å²) in [6.07, 6.45) is 0.845. The van der Waals surface area contributed by atoms with E-state index in [0.29, 0.717) is 5.11 Å². The van der Waals surface area contributed by atoms with Crippen molar-refractivity contribution in [3.63, 3.8) is 0 Å². The SMILES string of the molecule is NC(=S)NCCc1ccc(O)cc1. The molecule has 4 N–H and O–H groups in total. The highest BCUT2D eigenvalue weighted by Gasteiger charge is 1.93. The van der Waals surface area contributed by atoms with Gasteiger partial charge in [-0.25, -0.2) is 0 Å². The fraction of sp³-hybridized carbons (Fsp3) is 0.222. The largest absolute Gasteiger partial charge is 0.508 e. The minimum Gasteiger partial charge on any atom is -0.508 e. The van der Waals surface area contributed by atoms with Crippen molar-refractivity contribution in [1.29, 1.82) is 0 Å². The zero-order chi connectivity index (χ0) is 9.68. The summed E-state index contributed by atoms with van der Waals surface area (Å²) in [4.78, 5) is 0. The first kappa shape index (κ1) is 9.80. The van der Waals surface area contributed by atoms with Crippen LogP contribution in [0.15, 0.2) is 24.3 Å². The van der Waals surface area contributed by atoms with Gasteiger partial charge in [-0.1, -0.05) is 12.1 Å². The second-order valence-electron chi connectivity index (χ2n) is 2.71. The van der Waals surface area contributed by atoms with Gasteiger partial charge in [-0.3, -0.25) is 0 Å². The van der Waals surface area contributed by atoms with Crippen molar-refractivity contribution in [3.8, 4) is 5.75 Å². The fourth-order valence-electron chi connectivity index (χ4n) is 0.993. The van der Waals surface area contributed by atoms with Crippen molar-refractivity contribution in [1.82, 2.24) is 5.32 Å². The van der Waals surface area contributed by atoms with Gasteiger partial charge in [-0.2, -0.15) is 0 Å². The molecule has 0 atom stereocenters. The Morgan fingerprint density at radius 2 is 2.00 bits per heavy atom. The van der Waals surface area contributed by atoms with Crippen LogP contribution in [0.4, 0.5) is 0 Å². The predicted molar refractivity (Wildman–Crippen MR) is 56.6 cm³/mol. The Kier molecular flexibility index (Phi) is 3.52. The maximum Gasteiger partial charge on any atom is 0.163 e. The van der Waals surface area contributed by atoms with Crippen LogP contribution in [0.2, 0.25) is 0 Å². The monoisotopic (exact) mass is 196 g/mol. The van der Waals surface area contributed by atoms with Gasteiger partial charge < -0.3 is 16.2 Å². The summed E-state index contributed by atoms with van der Waals surface area (Å²) in [5.41, 5.74) is 6.40. The highest BCUT2D eigenvalue weighted by atomic mass is 32.1. The summed E-state index contributed by atoms with van der Waals surface area (Å²) >= 11 is 4.66. The molecule has 0 fully saturated rings. The third-order valence-corrected chi connectivity index (χ3v) is 1.79. The first-order valence-corrected chi connectivity index (χ1v) is 4.40. The van der Waals surface area contributed by atoms with E-state index in [4.69, 9.17) is 10.8 Å². The van der Waals surface area contributed by atoms with Crippen LogP contribution in [0.25, 0.3) is 0 Å². The van der Waals surface area contributed by atoms with Crippen LogP contribution < -0.4 is 11.1 Å². The standard InChI is InChI=1S/C9H12N2OS/c10-9(13)11-6-5-7-1-3-8(12)4-2-7/h1-4,12H,5-6H2,(H3,10,11,13). The van der Waals surface area contributed by atoms with Crippen molar-refractivity contribution in [3.05, 3.63) is 29.8 Å². The summed E-state index contributed by atoms with van der Waals surface area (Å²) in [6.45, 7) is 0.722. The van der Waals surface area contributed by atoms with E-state index in [9.17, 15) is 0 Å². The van der Waals surface area contributed by atoms with Gasteiger partial charge in [0.1, 0.15) is 5.75 Å². The van der Waals surface area contributed by atoms with E-state index in [1.807, 2.05) is 12.1 Å². The summed E-state index contributed by atoms with van der Waals surface area (Å²) in [7, 11) is 0. The summed E-state index contributed by atoms with van der Waals surface area (Å²) in [5.74, 6) is 0.283. The second kappa shape index (κ2) is 4.67. The Bertz CT molecular complexity index is 284. The Hall–Kier alpha value is -1.29. The van der Waals surface area contributed by atoms with E-state index in [1.54, 1.807) is 12.1 Å². The molecule has 1 rings (SSSR count). The number of benzene rings is 1. The van der Waals surface area contributed by atoms with Crippen LogP contribution in [-0.4, -0.2) is 16.8 Å². The van der Waals surface area contributed by atoms with Crippen molar-refractivity contribution in [2.75, 3.05) is 6.54 Å². The number of aromatic hydroxyl groups is 1. The predicted octanol–water partition coefficient (Wildman–Crippen LogP) is 0.768. The van der Waals surface area contributed by atoms with Crippen LogP contribution in [0.5, 0.6) is 5.75 Å². The van der Waals surface area contributed by atoms with Crippen LogP contribution in [-0.2, 0) is 6.42 Å². The number of rotatable bonds is 3. The number of nitrogens with two attached hydrogens (primary N) is 1. The minimum atomic E-state index is 0.283. The lowest BCUT2D eigenvalue weighted by atomic mass is 10.1. The fourth-order valence-corrected chi connectivity index (χ4v) is 1.09. The molecule has 70 valence electrons. The molecule has 0 saturated carbocycles. The van der Waals surface area contributed by atoms with E-state index in [-0.39, 0.29) is 5.75 Å². The smallest absolute Gasteiger partial charge is 0.163 e. The lowest BCUT2D eigenvalue weighted by molar-refractivity contribution is 0.475. The van der Waals surface area contributed by atoms with Crippen LogP contribution in [0.3, 0.4) is 0 Å². The van der Waals surface area contributed by atoms with Gasteiger partial charge in [0.25, 0.3) is 0 Å². The lowest BCUT2D eigenvalue weighted by Gasteiger charge is -2.03. The average molecular weight is 196 g/mol. The molecule has 0 aliphatic rings. The summed E-state index contributed by atoms with van der Waals surface area (Å²) in [6, 6.07) is 7.07. The van der Waals surface area contributed by atoms with Gasteiger partial charge in [-0.15, -0.1) is 0 Å². The summed E-state index contributed by atoms with van der Waals surface area (Å²) in [5, 5.41) is 12.2. The molecule has 13 heavy (non-hydrogen) atoms. The molecular weight excluding hydrogens is 184 g/mol. The molecule has 0 amide bonds. The molecule has 0 aliphatic carbocycles. The molecule has 0 unspecified atom stereocenters. The van der Waals surface area contributed by atoms with Crippen LogP contribution >= 0.6 is 12.2 Å². The van der Waals surface area contributed by atoms with Gasteiger partial charge >= 0.3 is 0 Å². The van der Waals surface area contributed by atoms with Crippen molar-refractivity contribution < 1.29 is 5.11 Å². The van der Waals surface area contributed by atoms with Crippen LogP contribution in [0.1, 0.15) is 5.56 Å². The number of phenolic OH excluding ortho intramolecular Hbond substituents is 1. The highest BCUT2D eigenvalue weighted by molar-refractivity contribution is 7.80. The number of phenols is 1. The number of hydrogen-bond donors (Lipinski definition) is 3. The number of nitrogens with one attached hydrogen (secondary N) is 1. The maximum absolute atomic E-state index is 9.01. The third kappa shape index (κ3) is 3.75. The lowest BCUT2D eigenvalue weighted by Crippen LogP contribution is -2.30. The Morgan fingerprint density at radius 1 is 1.38 bits per heavy atom. The van der Waals surface area contributed by atoms with E-state index in [2.05, 4.69) is 17.5 Å².